The Hall–Kier alpha value is -2.42. The van der Waals surface area contributed by atoms with E-state index in [-0.39, 0.29) is 0 Å². The highest BCUT2D eigenvalue weighted by molar-refractivity contribution is 5.74. The second kappa shape index (κ2) is 6.78. The van der Waals surface area contributed by atoms with Gasteiger partial charge >= 0.3 is 0 Å². The summed E-state index contributed by atoms with van der Waals surface area (Å²) in [5.74, 6) is 2.48. The maximum Gasteiger partial charge on any atom is 0.161 e. The Morgan fingerprint density at radius 3 is 2.22 bits per heavy atom. The fourth-order valence-corrected chi connectivity index (χ4v) is 3.07. The number of rotatable bonds is 5. The van der Waals surface area contributed by atoms with E-state index < -0.39 is 0 Å². The molecule has 3 nitrogen and oxygen atoms in total. The van der Waals surface area contributed by atoms with E-state index in [9.17, 15) is 0 Å². The van der Waals surface area contributed by atoms with Gasteiger partial charge in [0.1, 0.15) is 5.75 Å². The topological polar surface area (TPSA) is 27.7 Å². The summed E-state index contributed by atoms with van der Waals surface area (Å²) in [6.07, 6.45) is 5.35. The number of aryl methyl sites for hydroxylation is 1. The van der Waals surface area contributed by atoms with Crippen molar-refractivity contribution in [2.75, 3.05) is 21.3 Å². The molecule has 0 atom stereocenters. The maximum atomic E-state index is 5.46. The van der Waals surface area contributed by atoms with Crippen molar-refractivity contribution in [1.29, 1.82) is 0 Å². The number of methoxy groups -OCH3 is 3. The molecule has 2 aromatic rings. The lowest BCUT2D eigenvalue weighted by molar-refractivity contribution is 0.354. The normalized spacial score (nSPS) is 13.1. The largest absolute Gasteiger partial charge is 0.497 e. The zero-order chi connectivity index (χ0) is 16.2. The quantitative estimate of drug-likeness (QED) is 0.825. The summed E-state index contributed by atoms with van der Waals surface area (Å²) in [6, 6.07) is 12.5. The third-order valence-corrected chi connectivity index (χ3v) is 4.31. The molecule has 0 unspecified atom stereocenters. The first-order chi connectivity index (χ1) is 11.2. The van der Waals surface area contributed by atoms with Crippen LogP contribution in [0.1, 0.15) is 23.1 Å². The van der Waals surface area contributed by atoms with Crippen molar-refractivity contribution >= 4 is 5.57 Å². The Labute approximate surface area is 137 Å². The van der Waals surface area contributed by atoms with Crippen LogP contribution in [-0.2, 0) is 12.8 Å². The fourth-order valence-electron chi connectivity index (χ4n) is 3.07. The van der Waals surface area contributed by atoms with Gasteiger partial charge in [-0.1, -0.05) is 18.2 Å². The molecular weight excluding hydrogens is 288 g/mol. The van der Waals surface area contributed by atoms with E-state index in [1.54, 1.807) is 21.3 Å². The predicted molar refractivity (Wildman–Crippen MR) is 92.5 cm³/mol. The third kappa shape index (κ3) is 3.19. The van der Waals surface area contributed by atoms with E-state index in [0.29, 0.717) is 0 Å². The van der Waals surface area contributed by atoms with Gasteiger partial charge in [0.05, 0.1) is 21.3 Å². The maximum absolute atomic E-state index is 5.46. The molecule has 23 heavy (non-hydrogen) atoms. The molecule has 0 spiro atoms. The molecule has 0 aliphatic heterocycles. The molecule has 0 saturated heterocycles. The van der Waals surface area contributed by atoms with Gasteiger partial charge < -0.3 is 14.2 Å². The second-order valence-electron chi connectivity index (χ2n) is 5.66. The second-order valence-corrected chi connectivity index (χ2v) is 5.66. The molecule has 3 rings (SSSR count). The van der Waals surface area contributed by atoms with Crippen molar-refractivity contribution < 1.29 is 14.2 Å². The number of benzene rings is 2. The number of ether oxygens (including phenoxy) is 3. The molecule has 0 amide bonds. The van der Waals surface area contributed by atoms with Crippen molar-refractivity contribution in [1.82, 2.24) is 0 Å². The van der Waals surface area contributed by atoms with Gasteiger partial charge in [0, 0.05) is 0 Å². The lowest BCUT2D eigenvalue weighted by Gasteiger charge is -2.20. The van der Waals surface area contributed by atoms with Gasteiger partial charge in [0.25, 0.3) is 0 Å². The first kappa shape index (κ1) is 15.5. The van der Waals surface area contributed by atoms with E-state index in [4.69, 9.17) is 14.2 Å². The van der Waals surface area contributed by atoms with E-state index in [0.717, 1.165) is 36.5 Å². The standard InChI is InChI=1S/C20H22O3/c1-21-17-9-7-14(8-10-17)11-15-5-4-6-16-12-19(22-2)20(23-3)13-18(15)16/h5,7-10,12-13H,4,6,11H2,1-3H3. The van der Waals surface area contributed by atoms with Crippen LogP contribution in [0.2, 0.25) is 0 Å². The van der Waals surface area contributed by atoms with E-state index >= 15 is 0 Å². The van der Waals surface area contributed by atoms with Crippen LogP contribution in [0.5, 0.6) is 17.2 Å². The number of fused-ring (bicyclic) bond motifs is 1. The molecule has 0 fully saturated rings. The van der Waals surface area contributed by atoms with E-state index in [2.05, 4.69) is 30.3 Å². The van der Waals surface area contributed by atoms with Crippen molar-refractivity contribution in [2.45, 2.75) is 19.3 Å². The molecule has 3 heteroatoms. The molecule has 0 saturated carbocycles. The summed E-state index contributed by atoms with van der Waals surface area (Å²) in [7, 11) is 5.05. The molecule has 2 aromatic carbocycles. The highest BCUT2D eigenvalue weighted by Gasteiger charge is 2.17. The molecule has 0 N–H and O–H groups in total. The zero-order valence-corrected chi connectivity index (χ0v) is 13.9. The molecule has 1 aliphatic carbocycles. The minimum absolute atomic E-state index is 0.786. The Bertz CT molecular complexity index is 714. The monoisotopic (exact) mass is 310 g/mol. The van der Waals surface area contributed by atoms with Crippen LogP contribution in [0, 0.1) is 0 Å². The smallest absolute Gasteiger partial charge is 0.161 e. The minimum atomic E-state index is 0.786. The molecule has 0 aromatic heterocycles. The summed E-state index contributed by atoms with van der Waals surface area (Å²) in [4.78, 5) is 0. The summed E-state index contributed by atoms with van der Waals surface area (Å²) >= 11 is 0. The number of allylic oxidation sites excluding steroid dienone is 2. The van der Waals surface area contributed by atoms with Gasteiger partial charge in [-0.2, -0.15) is 0 Å². The Morgan fingerprint density at radius 2 is 1.57 bits per heavy atom. The van der Waals surface area contributed by atoms with Gasteiger partial charge in [-0.3, -0.25) is 0 Å². The summed E-state index contributed by atoms with van der Waals surface area (Å²) in [5, 5.41) is 0. The van der Waals surface area contributed by atoms with Crippen LogP contribution in [-0.4, -0.2) is 21.3 Å². The minimum Gasteiger partial charge on any atom is -0.497 e. The molecule has 120 valence electrons. The molecule has 0 heterocycles. The average Bonchev–Trinajstić information content (AvgIpc) is 2.61. The van der Waals surface area contributed by atoms with Gasteiger partial charge in [-0.25, -0.2) is 0 Å². The van der Waals surface area contributed by atoms with Crippen LogP contribution >= 0.6 is 0 Å². The Kier molecular flexibility index (Phi) is 4.56. The van der Waals surface area contributed by atoms with Gasteiger partial charge in [-0.15, -0.1) is 0 Å². The first-order valence-corrected chi connectivity index (χ1v) is 7.82. The van der Waals surface area contributed by atoms with Crippen molar-refractivity contribution in [3.63, 3.8) is 0 Å². The van der Waals surface area contributed by atoms with Gasteiger partial charge in [-0.05, 0) is 65.8 Å². The highest BCUT2D eigenvalue weighted by Crippen LogP contribution is 2.37. The fraction of sp³-hybridized carbons (Fsp3) is 0.300. The first-order valence-electron chi connectivity index (χ1n) is 7.82. The van der Waals surface area contributed by atoms with Crippen LogP contribution in [0.15, 0.2) is 42.5 Å². The molecule has 0 bridgehead atoms. The SMILES string of the molecule is COc1ccc(CC2=CCCc3cc(OC)c(OC)cc32)cc1. The lowest BCUT2D eigenvalue weighted by Crippen LogP contribution is -2.04. The Balaban J connectivity index is 1.91. The third-order valence-electron chi connectivity index (χ3n) is 4.31. The van der Waals surface area contributed by atoms with Crippen LogP contribution < -0.4 is 14.2 Å². The van der Waals surface area contributed by atoms with Crippen LogP contribution in [0.4, 0.5) is 0 Å². The van der Waals surface area contributed by atoms with Crippen molar-refractivity contribution in [2.24, 2.45) is 0 Å². The number of hydrogen-bond donors (Lipinski definition) is 0. The van der Waals surface area contributed by atoms with Gasteiger partial charge in [0.2, 0.25) is 0 Å². The summed E-state index contributed by atoms with van der Waals surface area (Å²) in [5.41, 5.74) is 5.22. The summed E-state index contributed by atoms with van der Waals surface area (Å²) < 4.78 is 16.1. The van der Waals surface area contributed by atoms with Gasteiger partial charge in [0.15, 0.2) is 11.5 Å². The van der Waals surface area contributed by atoms with Crippen LogP contribution in [0.25, 0.3) is 5.57 Å². The molecule has 0 radical (unpaired) electrons. The average molecular weight is 310 g/mol. The van der Waals surface area contributed by atoms with Crippen molar-refractivity contribution in [3.05, 3.63) is 59.2 Å². The zero-order valence-electron chi connectivity index (χ0n) is 13.9. The summed E-state index contributed by atoms with van der Waals surface area (Å²) in [6.45, 7) is 0. The van der Waals surface area contributed by atoms with E-state index in [1.807, 2.05) is 12.1 Å². The number of hydrogen-bond acceptors (Lipinski definition) is 3. The highest BCUT2D eigenvalue weighted by atomic mass is 16.5. The predicted octanol–water partition coefficient (Wildman–Crippen LogP) is 4.28. The van der Waals surface area contributed by atoms with Crippen LogP contribution in [0.3, 0.4) is 0 Å². The van der Waals surface area contributed by atoms with Crippen molar-refractivity contribution in [3.8, 4) is 17.2 Å². The van der Waals surface area contributed by atoms with E-state index in [1.165, 1.54) is 22.3 Å². The molecular formula is C20H22O3. The Morgan fingerprint density at radius 1 is 0.870 bits per heavy atom. The lowest BCUT2D eigenvalue weighted by atomic mass is 9.87. The molecule has 1 aliphatic rings.